The van der Waals surface area contributed by atoms with Crippen molar-refractivity contribution in [2.24, 2.45) is 0 Å². The van der Waals surface area contributed by atoms with E-state index >= 15 is 0 Å². The number of nitrogens with zero attached hydrogens (tertiary/aromatic N) is 2. The lowest BCUT2D eigenvalue weighted by atomic mass is 9.88. The summed E-state index contributed by atoms with van der Waals surface area (Å²) in [5.74, 6) is -0.000921. The lowest BCUT2D eigenvalue weighted by Gasteiger charge is -2.52. The number of benzene rings is 3. The first-order valence-corrected chi connectivity index (χ1v) is 12.6. The second-order valence-corrected chi connectivity index (χ2v) is 10.8. The second-order valence-electron chi connectivity index (χ2n) is 10.8. The molecule has 1 amide bonds. The summed E-state index contributed by atoms with van der Waals surface area (Å²) in [6.45, 7) is 4.86. The van der Waals surface area contributed by atoms with Crippen LogP contribution in [0.3, 0.4) is 0 Å². The Morgan fingerprint density at radius 3 is 2.33 bits per heavy atom. The van der Waals surface area contributed by atoms with Crippen molar-refractivity contribution >= 4 is 49.5 Å². The van der Waals surface area contributed by atoms with E-state index in [2.05, 4.69) is 82.1 Å². The van der Waals surface area contributed by atoms with Crippen LogP contribution in [0.15, 0.2) is 48.5 Å². The van der Waals surface area contributed by atoms with Gasteiger partial charge in [0.05, 0.1) is 27.6 Å². The van der Waals surface area contributed by atoms with Crippen LogP contribution in [0.1, 0.15) is 36.2 Å². The molecule has 1 fully saturated rings. The van der Waals surface area contributed by atoms with E-state index in [4.69, 9.17) is 9.47 Å². The quantitative estimate of drug-likeness (QED) is 0.390. The minimum Gasteiger partial charge on any atom is -0.375 e. The highest BCUT2D eigenvalue weighted by atomic mass is 16.6. The molecule has 2 N–H and O–H groups in total. The van der Waals surface area contributed by atoms with E-state index < -0.39 is 11.4 Å². The number of ether oxygens (including phenoxy) is 2. The molecular formula is C29H28N4O3. The maximum Gasteiger partial charge on any atom is 0.252 e. The molecule has 2 bridgehead atoms. The third-order valence-corrected chi connectivity index (χ3v) is 8.94. The molecule has 0 spiro atoms. The highest BCUT2D eigenvalue weighted by Gasteiger charge is 2.57. The summed E-state index contributed by atoms with van der Waals surface area (Å²) >= 11 is 0. The first kappa shape index (κ1) is 20.8. The smallest absolute Gasteiger partial charge is 0.252 e. The van der Waals surface area contributed by atoms with Gasteiger partial charge in [-0.3, -0.25) is 4.79 Å². The molecule has 2 aromatic heterocycles. The third kappa shape index (κ3) is 2.12. The monoisotopic (exact) mass is 480 g/mol. The zero-order valence-corrected chi connectivity index (χ0v) is 20.8. The standard InChI is InChI=1S/C29H28N4O3/c1-28-13-18(30-3)26(35-4)29(2,36-28)33-20-12-8-5-9-15(20)21-17-14-31-27(34)23(17)22-16-10-6-7-11-19(16)32(28)25(22)24(21)33/h5-12,18,26,30H,13-14H2,1-4H3,(H,31,34)/t18-,26-,28+,29-/m0/s1. The Bertz CT molecular complexity index is 1800. The first-order valence-electron chi connectivity index (χ1n) is 12.6. The number of hydrogen-bond donors (Lipinski definition) is 2. The van der Waals surface area contributed by atoms with Gasteiger partial charge in [-0.05, 0) is 38.6 Å². The molecule has 7 nitrogen and oxygen atoms in total. The third-order valence-electron chi connectivity index (χ3n) is 8.94. The van der Waals surface area contributed by atoms with Crippen molar-refractivity contribution in [2.45, 2.75) is 50.4 Å². The van der Waals surface area contributed by atoms with Gasteiger partial charge in [0, 0.05) is 47.7 Å². The summed E-state index contributed by atoms with van der Waals surface area (Å²) in [5, 5.41) is 11.0. The highest BCUT2D eigenvalue weighted by molar-refractivity contribution is 6.31. The van der Waals surface area contributed by atoms with Crippen LogP contribution in [0.4, 0.5) is 0 Å². The molecule has 182 valence electrons. The molecule has 7 heteroatoms. The molecular weight excluding hydrogens is 452 g/mol. The van der Waals surface area contributed by atoms with Gasteiger partial charge in [-0.25, -0.2) is 0 Å². The number of aromatic nitrogens is 2. The van der Waals surface area contributed by atoms with Gasteiger partial charge >= 0.3 is 0 Å². The van der Waals surface area contributed by atoms with Crippen LogP contribution >= 0.6 is 0 Å². The van der Waals surface area contributed by atoms with E-state index in [1.54, 1.807) is 7.11 Å². The Hall–Kier alpha value is -3.39. The van der Waals surface area contributed by atoms with Gasteiger partial charge in [0.15, 0.2) is 5.72 Å². The largest absolute Gasteiger partial charge is 0.375 e. The van der Waals surface area contributed by atoms with Crippen LogP contribution in [-0.4, -0.2) is 41.3 Å². The van der Waals surface area contributed by atoms with Gasteiger partial charge in [-0.15, -0.1) is 0 Å². The molecule has 5 aromatic rings. The van der Waals surface area contributed by atoms with Gasteiger partial charge in [0.1, 0.15) is 11.8 Å². The van der Waals surface area contributed by atoms with E-state index in [0.717, 1.165) is 61.2 Å². The van der Waals surface area contributed by atoms with Crippen LogP contribution in [-0.2, 0) is 27.5 Å². The fraction of sp³-hybridized carbons (Fsp3) is 0.345. The van der Waals surface area contributed by atoms with Crippen LogP contribution in [0, 0.1) is 0 Å². The highest BCUT2D eigenvalue weighted by Crippen LogP contribution is 2.55. The van der Waals surface area contributed by atoms with E-state index in [-0.39, 0.29) is 18.1 Å². The lowest BCUT2D eigenvalue weighted by Crippen LogP contribution is -2.64. The molecule has 1 saturated heterocycles. The van der Waals surface area contributed by atoms with E-state index in [9.17, 15) is 4.79 Å². The van der Waals surface area contributed by atoms with Gasteiger partial charge < -0.3 is 29.2 Å². The topological polar surface area (TPSA) is 69.5 Å². The Morgan fingerprint density at radius 1 is 1.00 bits per heavy atom. The number of carbonyl (C=O) groups excluding carboxylic acids is 1. The number of nitrogens with one attached hydrogen (secondary N) is 2. The summed E-state index contributed by atoms with van der Waals surface area (Å²) in [7, 11) is 3.77. The summed E-state index contributed by atoms with van der Waals surface area (Å²) in [4.78, 5) is 13.4. The van der Waals surface area contributed by atoms with E-state index in [0.29, 0.717) is 6.54 Å². The molecule has 4 atom stereocenters. The molecule has 3 aliphatic heterocycles. The summed E-state index contributed by atoms with van der Waals surface area (Å²) in [6, 6.07) is 17.0. The predicted octanol–water partition coefficient (Wildman–Crippen LogP) is 4.53. The van der Waals surface area contributed by atoms with Crippen LogP contribution in [0.5, 0.6) is 0 Å². The summed E-state index contributed by atoms with van der Waals surface area (Å²) in [5.41, 5.74) is 4.75. The number of amides is 1. The molecule has 0 unspecified atom stereocenters. The molecule has 36 heavy (non-hydrogen) atoms. The number of methoxy groups -OCH3 is 1. The Kier molecular flexibility index (Phi) is 3.74. The lowest BCUT2D eigenvalue weighted by molar-refractivity contribution is -0.299. The van der Waals surface area contributed by atoms with Gasteiger partial charge in [-0.1, -0.05) is 36.4 Å². The van der Waals surface area contributed by atoms with Gasteiger partial charge in [0.25, 0.3) is 5.91 Å². The average Bonchev–Trinajstić information content (AvgIpc) is 3.51. The van der Waals surface area contributed by atoms with Crippen molar-refractivity contribution in [3.63, 3.8) is 0 Å². The number of para-hydroxylation sites is 2. The number of likely N-dealkylation sites (N-methyl/N-ethyl adjacent to an activating group) is 1. The Morgan fingerprint density at radius 2 is 1.64 bits per heavy atom. The van der Waals surface area contributed by atoms with E-state index in [1.165, 1.54) is 0 Å². The molecule has 0 saturated carbocycles. The van der Waals surface area contributed by atoms with Crippen molar-refractivity contribution in [1.82, 2.24) is 19.8 Å². The predicted molar refractivity (Wildman–Crippen MR) is 140 cm³/mol. The molecule has 5 heterocycles. The fourth-order valence-corrected chi connectivity index (χ4v) is 7.78. The maximum absolute atomic E-state index is 13.4. The van der Waals surface area contributed by atoms with E-state index in [1.807, 2.05) is 7.05 Å². The van der Waals surface area contributed by atoms with Crippen molar-refractivity contribution in [2.75, 3.05) is 14.2 Å². The van der Waals surface area contributed by atoms with Gasteiger partial charge in [0.2, 0.25) is 0 Å². The van der Waals surface area contributed by atoms with Gasteiger partial charge in [-0.2, -0.15) is 0 Å². The molecule has 8 rings (SSSR count). The summed E-state index contributed by atoms with van der Waals surface area (Å²) in [6.07, 6.45) is 0.493. The number of hydrogen-bond acceptors (Lipinski definition) is 4. The average molecular weight is 481 g/mol. The zero-order chi connectivity index (χ0) is 24.6. The zero-order valence-electron chi connectivity index (χ0n) is 20.8. The molecule has 3 aromatic carbocycles. The van der Waals surface area contributed by atoms with Crippen molar-refractivity contribution < 1.29 is 14.3 Å². The number of rotatable bonds is 2. The molecule has 0 radical (unpaired) electrons. The normalized spacial score (nSPS) is 28.9. The number of fused-ring (bicyclic) bond motifs is 13. The van der Waals surface area contributed by atoms with Crippen molar-refractivity contribution in [3.8, 4) is 0 Å². The fourth-order valence-electron chi connectivity index (χ4n) is 7.78. The van der Waals surface area contributed by atoms with Crippen molar-refractivity contribution in [1.29, 1.82) is 0 Å². The first-order chi connectivity index (χ1) is 17.4. The van der Waals surface area contributed by atoms with Crippen molar-refractivity contribution in [3.05, 3.63) is 59.7 Å². The Labute approximate surface area is 207 Å². The van der Waals surface area contributed by atoms with Crippen LogP contribution in [0.25, 0.3) is 43.6 Å². The van der Waals surface area contributed by atoms with Crippen LogP contribution in [0.2, 0.25) is 0 Å². The SMILES string of the molecule is CN[C@H]1C[C@@]2(C)O[C@@](C)([C@H]1OC)n1c3ccccc3c3c4c(c5c6ccccc6n2c5c31)C(=O)NC4. The van der Waals surface area contributed by atoms with Crippen LogP contribution < -0.4 is 10.6 Å². The molecule has 0 aliphatic carbocycles. The minimum absolute atomic E-state index is 0.000921. The minimum atomic E-state index is -0.798. The Balaban J connectivity index is 1.74. The second kappa shape index (κ2) is 6.48. The maximum atomic E-state index is 13.4. The summed E-state index contributed by atoms with van der Waals surface area (Å²) < 4.78 is 18.2. The molecule has 3 aliphatic rings. The number of carbonyl (C=O) groups is 1.